The molecule has 1 aromatic heterocycles. The third-order valence-electron chi connectivity index (χ3n) is 16.6. The largest absolute Gasteiger partial charge is 0.357 e. The number of likely N-dealkylation sites (tertiary alicyclic amines) is 2. The maximum absolute atomic E-state index is 14.1. The Hall–Kier alpha value is -4.98. The van der Waals surface area contributed by atoms with E-state index >= 15 is 0 Å². The van der Waals surface area contributed by atoms with E-state index in [4.69, 9.17) is 9.98 Å². The van der Waals surface area contributed by atoms with E-state index in [-0.39, 0.29) is 58.2 Å². The molecule has 2 aliphatic carbocycles. The number of amides is 2. The Morgan fingerprint density at radius 3 is 1.83 bits per heavy atom. The van der Waals surface area contributed by atoms with E-state index in [1.165, 1.54) is 39.1 Å². The average molecular weight is 873 g/mol. The van der Waals surface area contributed by atoms with Crippen LogP contribution in [0.1, 0.15) is 161 Å². The number of aromatic nitrogens is 2. The van der Waals surface area contributed by atoms with Crippen molar-refractivity contribution in [3.05, 3.63) is 112 Å². The van der Waals surface area contributed by atoms with E-state index in [9.17, 15) is 9.59 Å². The lowest BCUT2D eigenvalue weighted by atomic mass is 9.87. The Morgan fingerprint density at radius 1 is 0.692 bits per heavy atom. The molecule has 4 aromatic rings. The zero-order valence-corrected chi connectivity index (χ0v) is 41.0. The number of aliphatic imine (C=N–C) groups is 1. The van der Waals surface area contributed by atoms with Crippen LogP contribution in [0, 0.1) is 34.5 Å². The summed E-state index contributed by atoms with van der Waals surface area (Å²) in [7, 11) is 0. The number of hydrogen-bond donors (Lipinski definition) is 1. The van der Waals surface area contributed by atoms with Gasteiger partial charge in [-0.1, -0.05) is 102 Å². The first-order chi connectivity index (χ1) is 30.8. The quantitative estimate of drug-likeness (QED) is 0.170. The number of nitrogens with one attached hydrogen (secondary N) is 1. The highest BCUT2D eigenvalue weighted by Crippen LogP contribution is 2.62. The van der Waals surface area contributed by atoms with Gasteiger partial charge in [0.15, 0.2) is 0 Å². The minimum absolute atomic E-state index is 0.00402. The average Bonchev–Trinajstić information content (AvgIpc) is 3.88. The number of allylic oxidation sites excluding steroid dienone is 4. The number of fused-ring (bicyclic) bond motifs is 2. The summed E-state index contributed by atoms with van der Waals surface area (Å²) in [5.41, 5.74) is 13.3. The molecule has 65 heavy (non-hydrogen) atoms. The van der Waals surface area contributed by atoms with Gasteiger partial charge < -0.3 is 19.7 Å². The molecule has 8 heteroatoms. The lowest BCUT2D eigenvalue weighted by Crippen LogP contribution is -2.42. The highest BCUT2D eigenvalue weighted by molar-refractivity contribution is 6.01. The zero-order chi connectivity index (χ0) is 45.9. The highest BCUT2D eigenvalue weighted by Gasteiger charge is 2.63. The molecule has 8 nitrogen and oxygen atoms in total. The molecule has 342 valence electrons. The van der Waals surface area contributed by atoms with Crippen LogP contribution in [0.3, 0.4) is 0 Å². The molecular formula is C57H72N6O2. The summed E-state index contributed by atoms with van der Waals surface area (Å²) < 4.78 is 0. The number of H-pyrrole nitrogens is 1. The molecule has 2 amide bonds. The van der Waals surface area contributed by atoms with Crippen LogP contribution in [0.4, 0.5) is 11.4 Å². The molecule has 1 N–H and O–H groups in total. The molecule has 8 atom stereocenters. The summed E-state index contributed by atoms with van der Waals surface area (Å²) in [5.74, 6) is 2.20. The number of imidazole rings is 1. The maximum Gasteiger partial charge on any atom is 0.227 e. The Morgan fingerprint density at radius 2 is 1.25 bits per heavy atom. The van der Waals surface area contributed by atoms with E-state index in [1.54, 1.807) is 0 Å². The minimum atomic E-state index is -0.0254. The third kappa shape index (κ3) is 7.68. The SMILES string of the molecule is CC(C)=C[C@@H]1[C@@H](C(=O)N2CCC[C@H]2C2=Nc3ccc([C@H]4CC[C@H](c5ccc6nc([C@@H]7CCCN7C(=O)[C@@H]7[C@@H](C=C(C)C)C7(C)C)[nH]c6c5)N4c4ccc(C(C)(C)C)cc4)cc3C2)C1(C)C. The smallest absolute Gasteiger partial charge is 0.227 e. The van der Waals surface area contributed by atoms with Crippen LogP contribution >= 0.6 is 0 Å². The van der Waals surface area contributed by atoms with Crippen molar-refractivity contribution in [1.29, 1.82) is 0 Å². The van der Waals surface area contributed by atoms with Crippen molar-refractivity contribution in [3.63, 3.8) is 0 Å². The van der Waals surface area contributed by atoms with Gasteiger partial charge in [0.25, 0.3) is 0 Å². The molecule has 2 saturated carbocycles. The molecular weight excluding hydrogens is 801 g/mol. The second kappa shape index (κ2) is 15.8. The van der Waals surface area contributed by atoms with Crippen LogP contribution in [-0.4, -0.2) is 56.4 Å². The molecule has 3 aromatic carbocycles. The Kier molecular flexibility index (Phi) is 10.7. The molecule has 0 radical (unpaired) electrons. The normalized spacial score (nSPS) is 28.7. The Balaban J connectivity index is 0.907. The molecule has 5 fully saturated rings. The molecule has 10 rings (SSSR count). The van der Waals surface area contributed by atoms with Crippen molar-refractivity contribution in [3.8, 4) is 0 Å². The fourth-order valence-corrected chi connectivity index (χ4v) is 12.7. The van der Waals surface area contributed by atoms with Crippen LogP contribution in [0.25, 0.3) is 11.0 Å². The van der Waals surface area contributed by atoms with E-state index in [1.807, 2.05) is 0 Å². The number of carbonyl (C=O) groups is 2. The van der Waals surface area contributed by atoms with Crippen LogP contribution < -0.4 is 4.90 Å². The third-order valence-corrected chi connectivity index (χ3v) is 16.6. The number of anilines is 1. The Bertz CT molecular complexity index is 2630. The lowest BCUT2D eigenvalue weighted by molar-refractivity contribution is -0.135. The molecule has 3 saturated heterocycles. The van der Waals surface area contributed by atoms with Crippen molar-refractivity contribution < 1.29 is 9.59 Å². The summed E-state index contributed by atoms with van der Waals surface area (Å²) in [6, 6.07) is 23.5. The number of benzene rings is 3. The predicted octanol–water partition coefficient (Wildman–Crippen LogP) is 12.7. The zero-order valence-electron chi connectivity index (χ0n) is 41.0. The molecule has 0 spiro atoms. The number of nitrogens with zero attached hydrogens (tertiary/aromatic N) is 5. The van der Waals surface area contributed by atoms with Gasteiger partial charge in [-0.3, -0.25) is 14.6 Å². The van der Waals surface area contributed by atoms with Gasteiger partial charge in [0.05, 0.1) is 52.7 Å². The van der Waals surface area contributed by atoms with E-state index < -0.39 is 0 Å². The lowest BCUT2D eigenvalue weighted by Gasteiger charge is -2.34. The van der Waals surface area contributed by atoms with E-state index in [0.717, 1.165) is 86.3 Å². The van der Waals surface area contributed by atoms with Gasteiger partial charge in [-0.05, 0) is 147 Å². The summed E-state index contributed by atoms with van der Waals surface area (Å²) in [5, 5.41) is 0. The van der Waals surface area contributed by atoms with Crippen LogP contribution in [0.2, 0.25) is 0 Å². The van der Waals surface area contributed by atoms with Crippen molar-refractivity contribution in [1.82, 2.24) is 19.8 Å². The maximum atomic E-state index is 14.1. The summed E-state index contributed by atoms with van der Waals surface area (Å²) in [6.45, 7) is 26.0. The summed E-state index contributed by atoms with van der Waals surface area (Å²) in [4.78, 5) is 49.4. The summed E-state index contributed by atoms with van der Waals surface area (Å²) >= 11 is 0. The van der Waals surface area contributed by atoms with Crippen molar-refractivity contribution in [2.45, 2.75) is 151 Å². The van der Waals surface area contributed by atoms with Gasteiger partial charge in [0.1, 0.15) is 5.82 Å². The molecule has 0 unspecified atom stereocenters. The molecule has 5 heterocycles. The highest BCUT2D eigenvalue weighted by atomic mass is 16.2. The number of hydrogen-bond acceptors (Lipinski definition) is 5. The first-order valence-electron chi connectivity index (χ1n) is 24.8. The molecule has 4 aliphatic heterocycles. The van der Waals surface area contributed by atoms with Gasteiger partial charge in [-0.2, -0.15) is 0 Å². The number of carbonyl (C=O) groups excluding carboxylic acids is 2. The summed E-state index contributed by atoms with van der Waals surface area (Å²) in [6.07, 6.45) is 11.4. The van der Waals surface area contributed by atoms with Gasteiger partial charge >= 0.3 is 0 Å². The van der Waals surface area contributed by atoms with Crippen molar-refractivity contribution >= 4 is 39.9 Å². The minimum Gasteiger partial charge on any atom is -0.357 e. The monoisotopic (exact) mass is 873 g/mol. The second-order valence-electron chi connectivity index (χ2n) is 23.4. The predicted molar refractivity (Wildman–Crippen MR) is 264 cm³/mol. The molecule has 0 bridgehead atoms. The van der Waals surface area contributed by atoms with Crippen LogP contribution in [-0.2, 0) is 21.4 Å². The standard InChI is InChI=1S/C57H72N6O2/c1-33(2)28-40-50(56(40,8)9)53(64)61-26-12-14-48(61)45-32-37-30-35(16-22-42(37)58-45)46-24-25-47(63(46)39-20-18-38(19-21-39)55(5,6)7)36-17-23-43-44(31-36)60-52(59-43)49-15-13-27-62(49)54(65)51-41(29-34(3)4)57(51,10)11/h16-23,28-31,40-41,46-51H,12-15,24-27,32H2,1-11H3,(H,59,60)/t40-,41-,46-,47-,48+,49+,50+,51+/m1/s1. The van der Waals surface area contributed by atoms with Gasteiger partial charge in [-0.25, -0.2) is 4.98 Å². The van der Waals surface area contributed by atoms with Gasteiger partial charge in [0, 0.05) is 30.9 Å². The first-order valence-corrected chi connectivity index (χ1v) is 24.8. The number of aromatic amines is 1. The van der Waals surface area contributed by atoms with Crippen molar-refractivity contribution in [2.24, 2.45) is 39.5 Å². The van der Waals surface area contributed by atoms with Crippen LogP contribution in [0.5, 0.6) is 0 Å². The second-order valence-corrected chi connectivity index (χ2v) is 23.4. The van der Waals surface area contributed by atoms with Crippen LogP contribution in [0.15, 0.2) is 89.0 Å². The topological polar surface area (TPSA) is 84.9 Å². The van der Waals surface area contributed by atoms with Gasteiger partial charge in [0.2, 0.25) is 11.8 Å². The van der Waals surface area contributed by atoms with Gasteiger partial charge in [-0.15, -0.1) is 0 Å². The van der Waals surface area contributed by atoms with E-state index in [0.29, 0.717) is 17.7 Å². The molecule has 6 aliphatic rings. The van der Waals surface area contributed by atoms with E-state index in [2.05, 4.69) is 169 Å². The fourth-order valence-electron chi connectivity index (χ4n) is 12.7. The Labute approximate surface area is 388 Å². The van der Waals surface area contributed by atoms with Crippen molar-refractivity contribution in [2.75, 3.05) is 18.0 Å². The fraction of sp³-hybridized carbons (Fsp3) is 0.544. The first kappa shape index (κ1) is 43.9. The number of rotatable bonds is 9.